The summed E-state index contributed by atoms with van der Waals surface area (Å²) in [5.74, 6) is -1.62. The smallest absolute Gasteiger partial charge is 0.163 e. The molecule has 0 aromatic heterocycles. The van der Waals surface area contributed by atoms with E-state index in [2.05, 4.69) is 5.32 Å². The third-order valence-corrected chi connectivity index (χ3v) is 2.69. The standard InChI is InChI=1S/C13H19F2NO2/c1-16-12(6-7-18-9-8-17-2)10-4-3-5-11(14)13(10)15/h3-5,12,16H,6-9H2,1-2H3. The Morgan fingerprint density at radius 3 is 2.67 bits per heavy atom. The molecule has 18 heavy (non-hydrogen) atoms. The van der Waals surface area contributed by atoms with Crippen LogP contribution < -0.4 is 5.32 Å². The Bertz CT molecular complexity index is 361. The van der Waals surface area contributed by atoms with Crippen LogP contribution in [0, 0.1) is 11.6 Å². The number of benzene rings is 1. The summed E-state index contributed by atoms with van der Waals surface area (Å²) in [5, 5.41) is 2.96. The lowest BCUT2D eigenvalue weighted by Crippen LogP contribution is -2.20. The summed E-state index contributed by atoms with van der Waals surface area (Å²) in [6, 6.07) is 3.93. The summed E-state index contributed by atoms with van der Waals surface area (Å²) >= 11 is 0. The minimum absolute atomic E-state index is 0.261. The zero-order valence-corrected chi connectivity index (χ0v) is 10.7. The van der Waals surface area contributed by atoms with Crippen LogP contribution in [-0.2, 0) is 9.47 Å². The second-order valence-electron chi connectivity index (χ2n) is 3.88. The molecule has 0 radical (unpaired) electrons. The van der Waals surface area contributed by atoms with Crippen molar-refractivity contribution in [3.8, 4) is 0 Å². The lowest BCUT2D eigenvalue weighted by atomic mass is 10.0. The molecule has 1 unspecified atom stereocenters. The zero-order chi connectivity index (χ0) is 13.4. The summed E-state index contributed by atoms with van der Waals surface area (Å²) in [4.78, 5) is 0. The number of methoxy groups -OCH3 is 1. The molecule has 1 aromatic rings. The van der Waals surface area contributed by atoms with Crippen LogP contribution in [0.2, 0.25) is 0 Å². The Morgan fingerprint density at radius 1 is 1.22 bits per heavy atom. The number of hydrogen-bond acceptors (Lipinski definition) is 3. The van der Waals surface area contributed by atoms with E-state index in [0.29, 0.717) is 31.8 Å². The Hall–Kier alpha value is -1.04. The third-order valence-electron chi connectivity index (χ3n) is 2.69. The van der Waals surface area contributed by atoms with E-state index >= 15 is 0 Å². The molecule has 0 aliphatic rings. The maximum absolute atomic E-state index is 13.6. The average Bonchev–Trinajstić information content (AvgIpc) is 2.38. The molecule has 1 atom stereocenters. The van der Waals surface area contributed by atoms with E-state index in [9.17, 15) is 8.78 Å². The summed E-state index contributed by atoms with van der Waals surface area (Å²) in [6.45, 7) is 1.49. The number of hydrogen-bond donors (Lipinski definition) is 1. The molecule has 1 rings (SSSR count). The number of nitrogens with one attached hydrogen (secondary N) is 1. The molecular formula is C13H19F2NO2. The second-order valence-corrected chi connectivity index (χ2v) is 3.88. The number of halogens is 2. The van der Waals surface area contributed by atoms with Gasteiger partial charge in [0.25, 0.3) is 0 Å². The molecule has 1 aromatic carbocycles. The van der Waals surface area contributed by atoms with E-state index in [0.717, 1.165) is 6.07 Å². The van der Waals surface area contributed by atoms with Crippen molar-refractivity contribution in [1.29, 1.82) is 0 Å². The maximum atomic E-state index is 13.6. The zero-order valence-electron chi connectivity index (χ0n) is 10.7. The molecule has 3 nitrogen and oxygen atoms in total. The van der Waals surface area contributed by atoms with E-state index < -0.39 is 11.6 Å². The first kappa shape index (κ1) is 15.0. The number of rotatable bonds is 8. The van der Waals surface area contributed by atoms with Crippen molar-refractivity contribution in [2.75, 3.05) is 34.0 Å². The minimum atomic E-state index is -0.826. The lowest BCUT2D eigenvalue weighted by molar-refractivity contribution is 0.0659. The van der Waals surface area contributed by atoms with Gasteiger partial charge in [-0.3, -0.25) is 0 Å². The summed E-state index contributed by atoms with van der Waals surface area (Å²) in [5.41, 5.74) is 0.327. The highest BCUT2D eigenvalue weighted by molar-refractivity contribution is 5.22. The highest BCUT2D eigenvalue weighted by Gasteiger charge is 2.16. The SMILES string of the molecule is CNC(CCOCCOC)c1cccc(F)c1F. The van der Waals surface area contributed by atoms with E-state index in [1.54, 1.807) is 20.2 Å². The minimum Gasteiger partial charge on any atom is -0.382 e. The van der Waals surface area contributed by atoms with E-state index in [1.165, 1.54) is 6.07 Å². The molecule has 0 bridgehead atoms. The van der Waals surface area contributed by atoms with Crippen LogP contribution in [0.1, 0.15) is 18.0 Å². The van der Waals surface area contributed by atoms with Gasteiger partial charge in [-0.2, -0.15) is 0 Å². The van der Waals surface area contributed by atoms with Crippen LogP contribution >= 0.6 is 0 Å². The van der Waals surface area contributed by atoms with Gasteiger partial charge in [-0.05, 0) is 19.5 Å². The van der Waals surface area contributed by atoms with E-state index in [-0.39, 0.29) is 6.04 Å². The Labute approximate surface area is 106 Å². The molecule has 0 aliphatic heterocycles. The van der Waals surface area contributed by atoms with Gasteiger partial charge < -0.3 is 14.8 Å². The molecule has 0 heterocycles. The highest BCUT2D eigenvalue weighted by Crippen LogP contribution is 2.21. The van der Waals surface area contributed by atoms with E-state index in [4.69, 9.17) is 9.47 Å². The van der Waals surface area contributed by atoms with Gasteiger partial charge in [0.2, 0.25) is 0 Å². The van der Waals surface area contributed by atoms with Crippen LogP contribution in [0.4, 0.5) is 8.78 Å². The molecule has 0 fully saturated rings. The van der Waals surface area contributed by atoms with E-state index in [1.807, 2.05) is 0 Å². The highest BCUT2D eigenvalue weighted by atomic mass is 19.2. The molecule has 0 saturated carbocycles. The Kier molecular flexibility index (Phi) is 6.78. The first-order valence-electron chi connectivity index (χ1n) is 5.88. The van der Waals surface area contributed by atoms with Crippen LogP contribution in [0.25, 0.3) is 0 Å². The second kappa shape index (κ2) is 8.13. The monoisotopic (exact) mass is 259 g/mol. The first-order chi connectivity index (χ1) is 8.70. The molecule has 5 heteroatoms. The van der Waals surface area contributed by atoms with Gasteiger partial charge in [0.05, 0.1) is 13.2 Å². The van der Waals surface area contributed by atoms with Crippen molar-refractivity contribution >= 4 is 0 Å². The normalized spacial score (nSPS) is 12.7. The van der Waals surface area contributed by atoms with Gasteiger partial charge >= 0.3 is 0 Å². The molecule has 0 spiro atoms. The fraction of sp³-hybridized carbons (Fsp3) is 0.538. The van der Waals surface area contributed by atoms with Gasteiger partial charge in [-0.25, -0.2) is 8.78 Å². The Balaban J connectivity index is 2.52. The fourth-order valence-electron chi connectivity index (χ4n) is 1.69. The predicted octanol–water partition coefficient (Wildman–Crippen LogP) is 2.28. The van der Waals surface area contributed by atoms with Crippen molar-refractivity contribution in [1.82, 2.24) is 5.32 Å². The molecule has 1 N–H and O–H groups in total. The predicted molar refractivity (Wildman–Crippen MR) is 65.5 cm³/mol. The van der Waals surface area contributed by atoms with Crippen molar-refractivity contribution in [2.45, 2.75) is 12.5 Å². The van der Waals surface area contributed by atoms with Crippen LogP contribution in [0.15, 0.2) is 18.2 Å². The number of ether oxygens (including phenoxy) is 2. The van der Waals surface area contributed by atoms with Gasteiger partial charge in [0.1, 0.15) is 0 Å². The van der Waals surface area contributed by atoms with Crippen molar-refractivity contribution in [3.63, 3.8) is 0 Å². The molecule has 102 valence electrons. The van der Waals surface area contributed by atoms with Crippen molar-refractivity contribution < 1.29 is 18.3 Å². The van der Waals surface area contributed by atoms with Gasteiger partial charge in [-0.15, -0.1) is 0 Å². The summed E-state index contributed by atoms with van der Waals surface area (Å²) in [7, 11) is 3.31. The summed E-state index contributed by atoms with van der Waals surface area (Å²) < 4.78 is 36.9. The van der Waals surface area contributed by atoms with Crippen molar-refractivity contribution in [2.24, 2.45) is 0 Å². The largest absolute Gasteiger partial charge is 0.382 e. The first-order valence-corrected chi connectivity index (χ1v) is 5.88. The Morgan fingerprint density at radius 2 is 2.00 bits per heavy atom. The molecule has 0 saturated heterocycles. The maximum Gasteiger partial charge on any atom is 0.163 e. The van der Waals surface area contributed by atoms with Gasteiger partial charge in [-0.1, -0.05) is 12.1 Å². The molecule has 0 amide bonds. The molecular weight excluding hydrogens is 240 g/mol. The van der Waals surface area contributed by atoms with Gasteiger partial charge in [0.15, 0.2) is 11.6 Å². The fourth-order valence-corrected chi connectivity index (χ4v) is 1.69. The van der Waals surface area contributed by atoms with Crippen molar-refractivity contribution in [3.05, 3.63) is 35.4 Å². The summed E-state index contributed by atoms with van der Waals surface area (Å²) in [6.07, 6.45) is 0.570. The van der Waals surface area contributed by atoms with Gasteiger partial charge in [0, 0.05) is 25.3 Å². The van der Waals surface area contributed by atoms with Crippen LogP contribution in [0.5, 0.6) is 0 Å². The molecule has 0 aliphatic carbocycles. The topological polar surface area (TPSA) is 30.5 Å². The van der Waals surface area contributed by atoms with Crippen LogP contribution in [0.3, 0.4) is 0 Å². The quantitative estimate of drug-likeness (QED) is 0.726. The third kappa shape index (κ3) is 4.33. The lowest BCUT2D eigenvalue weighted by Gasteiger charge is -2.17. The average molecular weight is 259 g/mol. The van der Waals surface area contributed by atoms with Crippen LogP contribution in [-0.4, -0.2) is 34.0 Å².